The summed E-state index contributed by atoms with van der Waals surface area (Å²) in [7, 11) is 0. The van der Waals surface area contributed by atoms with Crippen LogP contribution in [-0.2, 0) is 8.98 Å². The lowest BCUT2D eigenvalue weighted by molar-refractivity contribution is -0.128. The van der Waals surface area contributed by atoms with Crippen LogP contribution in [-0.4, -0.2) is 11.2 Å². The lowest BCUT2D eigenvalue weighted by Gasteiger charge is -2.19. The molecule has 13 heavy (non-hydrogen) atoms. The Morgan fingerprint density at radius 2 is 2.00 bits per heavy atom. The molecule has 1 fully saturated rings. The fraction of sp³-hybridized carbons (Fsp3) is 0.700. The van der Waals surface area contributed by atoms with Crippen molar-refractivity contribution in [2.45, 2.75) is 44.3 Å². The number of rotatable bonds is 3. The van der Waals surface area contributed by atoms with Crippen molar-refractivity contribution in [1.29, 1.82) is 0 Å². The van der Waals surface area contributed by atoms with Gasteiger partial charge in [-0.1, -0.05) is 25.8 Å². The summed E-state index contributed by atoms with van der Waals surface area (Å²) in [4.78, 5) is 11.0. The standard InChI is InChI=1S/C10H16O2S/c1-8(2)10(11)12-13-9-6-4-3-5-7-9/h9H,1,3-7H2,2H3. The zero-order valence-corrected chi connectivity index (χ0v) is 8.86. The molecule has 1 aliphatic rings. The van der Waals surface area contributed by atoms with E-state index >= 15 is 0 Å². The molecule has 0 aromatic carbocycles. The maximum absolute atomic E-state index is 11.0. The van der Waals surface area contributed by atoms with Crippen LogP contribution in [0.25, 0.3) is 0 Å². The molecule has 0 aromatic heterocycles. The van der Waals surface area contributed by atoms with Crippen molar-refractivity contribution in [3.05, 3.63) is 12.2 Å². The van der Waals surface area contributed by atoms with Crippen LogP contribution in [0.15, 0.2) is 12.2 Å². The molecule has 0 unspecified atom stereocenters. The summed E-state index contributed by atoms with van der Waals surface area (Å²) in [5.41, 5.74) is 0.475. The second kappa shape index (κ2) is 5.32. The van der Waals surface area contributed by atoms with Crippen LogP contribution in [0.2, 0.25) is 0 Å². The van der Waals surface area contributed by atoms with Crippen LogP contribution < -0.4 is 0 Å². The molecule has 0 radical (unpaired) electrons. The minimum atomic E-state index is -0.282. The van der Waals surface area contributed by atoms with Gasteiger partial charge in [0.15, 0.2) is 0 Å². The highest BCUT2D eigenvalue weighted by molar-refractivity contribution is 7.95. The molecular formula is C10H16O2S. The number of hydrogen-bond acceptors (Lipinski definition) is 3. The third kappa shape index (κ3) is 3.85. The highest BCUT2D eigenvalue weighted by atomic mass is 32.2. The van der Waals surface area contributed by atoms with E-state index in [0.717, 1.165) is 0 Å². The van der Waals surface area contributed by atoms with Gasteiger partial charge in [0.2, 0.25) is 0 Å². The highest BCUT2D eigenvalue weighted by Crippen LogP contribution is 2.29. The van der Waals surface area contributed by atoms with Gasteiger partial charge in [0.1, 0.15) is 0 Å². The molecular weight excluding hydrogens is 184 g/mol. The van der Waals surface area contributed by atoms with Gasteiger partial charge in [-0.3, -0.25) is 0 Å². The molecule has 0 bridgehead atoms. The van der Waals surface area contributed by atoms with Crippen molar-refractivity contribution in [2.75, 3.05) is 0 Å². The molecule has 0 amide bonds. The Morgan fingerprint density at radius 3 is 2.54 bits per heavy atom. The van der Waals surface area contributed by atoms with E-state index in [9.17, 15) is 4.79 Å². The minimum absolute atomic E-state index is 0.282. The van der Waals surface area contributed by atoms with Crippen LogP contribution >= 0.6 is 12.0 Å². The molecule has 1 saturated carbocycles. The topological polar surface area (TPSA) is 26.3 Å². The van der Waals surface area contributed by atoms with Crippen LogP contribution in [0.4, 0.5) is 0 Å². The number of carbonyl (C=O) groups excluding carboxylic acids is 1. The zero-order valence-electron chi connectivity index (χ0n) is 8.04. The fourth-order valence-electron chi connectivity index (χ4n) is 1.34. The summed E-state index contributed by atoms with van der Waals surface area (Å²) in [5.74, 6) is -0.282. The molecule has 74 valence electrons. The normalized spacial score (nSPS) is 18.2. The second-order valence-electron chi connectivity index (χ2n) is 3.51. The van der Waals surface area contributed by atoms with Crippen molar-refractivity contribution in [3.8, 4) is 0 Å². The van der Waals surface area contributed by atoms with E-state index in [4.69, 9.17) is 4.18 Å². The van der Waals surface area contributed by atoms with Crippen molar-refractivity contribution in [3.63, 3.8) is 0 Å². The smallest absolute Gasteiger partial charge is 0.345 e. The van der Waals surface area contributed by atoms with Crippen LogP contribution in [0.5, 0.6) is 0 Å². The Labute approximate surface area is 83.9 Å². The first-order valence-corrected chi connectivity index (χ1v) is 5.54. The van der Waals surface area contributed by atoms with Gasteiger partial charge in [-0.05, 0) is 19.8 Å². The van der Waals surface area contributed by atoms with Gasteiger partial charge in [0, 0.05) is 10.8 Å². The summed E-state index contributed by atoms with van der Waals surface area (Å²) >= 11 is 1.32. The molecule has 2 nitrogen and oxygen atoms in total. The lowest BCUT2D eigenvalue weighted by Crippen LogP contribution is -2.10. The molecule has 0 aliphatic heterocycles. The Morgan fingerprint density at radius 1 is 1.38 bits per heavy atom. The first-order chi connectivity index (χ1) is 6.20. The van der Waals surface area contributed by atoms with Crippen molar-refractivity contribution in [2.24, 2.45) is 0 Å². The van der Waals surface area contributed by atoms with E-state index < -0.39 is 0 Å². The van der Waals surface area contributed by atoms with Crippen LogP contribution in [0.3, 0.4) is 0 Å². The average molecular weight is 200 g/mol. The predicted molar refractivity (Wildman–Crippen MR) is 55.4 cm³/mol. The molecule has 1 aliphatic carbocycles. The Hall–Kier alpha value is -0.440. The maximum Gasteiger partial charge on any atom is 0.345 e. The second-order valence-corrected chi connectivity index (χ2v) is 4.53. The largest absolute Gasteiger partial charge is 0.388 e. The Balaban J connectivity index is 2.17. The van der Waals surface area contributed by atoms with E-state index in [1.165, 1.54) is 44.1 Å². The van der Waals surface area contributed by atoms with Crippen molar-refractivity contribution >= 4 is 18.0 Å². The van der Waals surface area contributed by atoms with Gasteiger partial charge >= 0.3 is 5.97 Å². The third-order valence-electron chi connectivity index (χ3n) is 2.16. The highest BCUT2D eigenvalue weighted by Gasteiger charge is 2.16. The summed E-state index contributed by atoms with van der Waals surface area (Å²) in [6, 6.07) is 0. The van der Waals surface area contributed by atoms with Gasteiger partial charge < -0.3 is 4.18 Å². The van der Waals surface area contributed by atoms with E-state index in [0.29, 0.717) is 10.8 Å². The van der Waals surface area contributed by atoms with Gasteiger partial charge in [-0.2, -0.15) is 0 Å². The van der Waals surface area contributed by atoms with Crippen molar-refractivity contribution in [1.82, 2.24) is 0 Å². The Bertz CT molecular complexity index is 195. The summed E-state index contributed by atoms with van der Waals surface area (Å²) in [6.07, 6.45) is 6.21. The van der Waals surface area contributed by atoms with Gasteiger partial charge in [0.25, 0.3) is 0 Å². The van der Waals surface area contributed by atoms with Gasteiger partial charge in [0.05, 0.1) is 12.0 Å². The van der Waals surface area contributed by atoms with Crippen LogP contribution in [0.1, 0.15) is 39.0 Å². The quantitative estimate of drug-likeness (QED) is 0.517. The van der Waals surface area contributed by atoms with Gasteiger partial charge in [-0.25, -0.2) is 4.79 Å². The predicted octanol–water partition coefficient (Wildman–Crippen LogP) is 3.09. The van der Waals surface area contributed by atoms with E-state index in [1.807, 2.05) is 0 Å². The SMILES string of the molecule is C=C(C)C(=O)OSC1CCCCC1. The van der Waals surface area contributed by atoms with Gasteiger partial charge in [-0.15, -0.1) is 0 Å². The zero-order chi connectivity index (χ0) is 9.68. The molecule has 0 N–H and O–H groups in total. The summed E-state index contributed by atoms with van der Waals surface area (Å²) < 4.78 is 5.02. The minimum Gasteiger partial charge on any atom is -0.388 e. The first-order valence-electron chi connectivity index (χ1n) is 4.73. The molecule has 0 atom stereocenters. The van der Waals surface area contributed by atoms with Crippen LogP contribution in [0, 0.1) is 0 Å². The fourth-order valence-corrected chi connectivity index (χ4v) is 2.24. The molecule has 0 spiro atoms. The number of hydrogen-bond donors (Lipinski definition) is 0. The number of carbonyl (C=O) groups is 1. The summed E-state index contributed by atoms with van der Waals surface area (Å²) in [6.45, 7) is 5.20. The molecule has 3 heteroatoms. The molecule has 1 rings (SSSR count). The Kier molecular flexibility index (Phi) is 4.36. The van der Waals surface area contributed by atoms with E-state index in [2.05, 4.69) is 6.58 Å². The average Bonchev–Trinajstić information content (AvgIpc) is 2.15. The van der Waals surface area contributed by atoms with E-state index in [-0.39, 0.29) is 5.97 Å². The lowest BCUT2D eigenvalue weighted by atomic mass is 10.0. The summed E-state index contributed by atoms with van der Waals surface area (Å²) in [5, 5.41) is 0.511. The first kappa shape index (κ1) is 10.6. The molecule has 0 aromatic rings. The molecule has 0 saturated heterocycles. The molecule has 0 heterocycles. The maximum atomic E-state index is 11.0. The third-order valence-corrected chi connectivity index (χ3v) is 3.15. The van der Waals surface area contributed by atoms with E-state index in [1.54, 1.807) is 6.92 Å². The monoisotopic (exact) mass is 200 g/mol. The van der Waals surface area contributed by atoms with Crippen molar-refractivity contribution < 1.29 is 8.98 Å².